The van der Waals surface area contributed by atoms with Gasteiger partial charge in [-0.05, 0) is 30.7 Å². The Hall–Kier alpha value is 0.01000. The third-order valence-corrected chi connectivity index (χ3v) is 4.92. The van der Waals surface area contributed by atoms with Crippen molar-refractivity contribution in [2.45, 2.75) is 44.6 Å². The minimum atomic E-state index is 0.619. The van der Waals surface area contributed by atoms with Crippen LogP contribution >= 0.6 is 27.7 Å². The van der Waals surface area contributed by atoms with E-state index in [0.717, 1.165) is 22.7 Å². The molecule has 0 aromatic heterocycles. The van der Waals surface area contributed by atoms with Gasteiger partial charge in [-0.15, -0.1) is 11.8 Å². The second kappa shape index (κ2) is 9.00. The number of benzene rings is 1. The zero-order chi connectivity index (χ0) is 13.4. The number of nitrogens with one attached hydrogen (secondary N) is 1. The second-order valence-electron chi connectivity index (χ2n) is 4.51. The highest BCUT2D eigenvalue weighted by Gasteiger charge is 2.17. The molecule has 0 aliphatic carbocycles. The average molecular weight is 330 g/mol. The Morgan fingerprint density at radius 2 is 1.94 bits per heavy atom. The van der Waals surface area contributed by atoms with E-state index in [1.54, 1.807) is 0 Å². The molecule has 1 nitrogen and oxygen atoms in total. The minimum absolute atomic E-state index is 0.619. The van der Waals surface area contributed by atoms with Crippen LogP contribution in [0.1, 0.15) is 33.6 Å². The summed E-state index contributed by atoms with van der Waals surface area (Å²) in [4.78, 5) is 1.35. The molecule has 0 heterocycles. The van der Waals surface area contributed by atoms with Crippen LogP contribution in [0.3, 0.4) is 0 Å². The molecule has 1 N–H and O–H groups in total. The Kier molecular flexibility index (Phi) is 8.03. The number of rotatable bonds is 8. The average Bonchev–Trinajstić information content (AvgIpc) is 2.37. The van der Waals surface area contributed by atoms with E-state index < -0.39 is 0 Å². The molecular formula is C15H24BrNS. The molecule has 0 radical (unpaired) electrons. The summed E-state index contributed by atoms with van der Waals surface area (Å²) < 4.78 is 1.16. The monoisotopic (exact) mass is 329 g/mol. The Bertz CT molecular complexity index is 339. The van der Waals surface area contributed by atoms with E-state index in [4.69, 9.17) is 0 Å². The molecule has 0 aliphatic rings. The lowest BCUT2D eigenvalue weighted by Crippen LogP contribution is -2.37. The van der Waals surface area contributed by atoms with Gasteiger partial charge >= 0.3 is 0 Å². The van der Waals surface area contributed by atoms with Gasteiger partial charge in [0.1, 0.15) is 0 Å². The molecule has 0 fully saturated rings. The first-order valence-corrected chi connectivity index (χ1v) is 8.60. The van der Waals surface area contributed by atoms with Gasteiger partial charge in [-0.1, -0.05) is 55.6 Å². The van der Waals surface area contributed by atoms with Crippen LogP contribution in [-0.4, -0.2) is 18.3 Å². The van der Waals surface area contributed by atoms with E-state index in [-0.39, 0.29) is 0 Å². The van der Waals surface area contributed by atoms with Gasteiger partial charge in [0.15, 0.2) is 0 Å². The summed E-state index contributed by atoms with van der Waals surface area (Å²) in [6.45, 7) is 7.84. The summed E-state index contributed by atoms with van der Waals surface area (Å²) in [5, 5.41) is 3.64. The van der Waals surface area contributed by atoms with Crippen molar-refractivity contribution in [2.75, 3.05) is 12.3 Å². The van der Waals surface area contributed by atoms with Crippen LogP contribution in [0.4, 0.5) is 0 Å². The summed E-state index contributed by atoms with van der Waals surface area (Å²) in [5.74, 6) is 1.93. The molecule has 0 saturated carbocycles. The maximum absolute atomic E-state index is 3.64. The minimum Gasteiger partial charge on any atom is -0.313 e. The molecular weight excluding hydrogens is 306 g/mol. The normalized spacial score (nSPS) is 12.9. The second-order valence-corrected chi connectivity index (χ2v) is 6.52. The van der Waals surface area contributed by atoms with Crippen molar-refractivity contribution >= 4 is 27.7 Å². The first kappa shape index (κ1) is 16.1. The number of halogens is 1. The fraction of sp³-hybridized carbons (Fsp3) is 0.600. The van der Waals surface area contributed by atoms with E-state index in [0.29, 0.717) is 6.04 Å². The standard InChI is InChI=1S/C15H24BrNS/c1-4-12(5-2)15(17-6-3)11-18-14-9-7-8-13(16)10-14/h7-10,12,15,17H,4-6,11H2,1-3H3. The van der Waals surface area contributed by atoms with Gasteiger partial charge < -0.3 is 5.32 Å². The number of hydrogen-bond donors (Lipinski definition) is 1. The molecule has 3 heteroatoms. The van der Waals surface area contributed by atoms with Gasteiger partial charge in [0.25, 0.3) is 0 Å². The van der Waals surface area contributed by atoms with E-state index in [1.165, 1.54) is 17.7 Å². The lowest BCUT2D eigenvalue weighted by atomic mass is 9.95. The van der Waals surface area contributed by atoms with Crippen molar-refractivity contribution in [3.05, 3.63) is 28.7 Å². The summed E-state index contributed by atoms with van der Waals surface area (Å²) in [6, 6.07) is 9.18. The van der Waals surface area contributed by atoms with E-state index in [9.17, 15) is 0 Å². The lowest BCUT2D eigenvalue weighted by molar-refractivity contribution is 0.365. The van der Waals surface area contributed by atoms with Crippen LogP contribution < -0.4 is 5.32 Å². The molecule has 18 heavy (non-hydrogen) atoms. The molecule has 0 saturated heterocycles. The summed E-state index contributed by atoms with van der Waals surface area (Å²) in [5.41, 5.74) is 0. The molecule has 0 amide bonds. The SMILES string of the molecule is CCNC(CSc1cccc(Br)c1)C(CC)CC. The Balaban J connectivity index is 2.56. The maximum Gasteiger partial charge on any atom is 0.0189 e. The van der Waals surface area contributed by atoms with Crippen molar-refractivity contribution in [3.8, 4) is 0 Å². The molecule has 0 spiro atoms. The van der Waals surface area contributed by atoms with Gasteiger partial charge in [0.2, 0.25) is 0 Å². The van der Waals surface area contributed by atoms with Crippen LogP contribution in [0.15, 0.2) is 33.6 Å². The highest BCUT2D eigenvalue weighted by Crippen LogP contribution is 2.25. The summed E-state index contributed by atoms with van der Waals surface area (Å²) in [6.07, 6.45) is 2.51. The molecule has 102 valence electrons. The molecule has 1 aromatic carbocycles. The fourth-order valence-electron chi connectivity index (χ4n) is 2.22. The number of thioether (sulfide) groups is 1. The van der Waals surface area contributed by atoms with Gasteiger partial charge in [-0.2, -0.15) is 0 Å². The largest absolute Gasteiger partial charge is 0.313 e. The lowest BCUT2D eigenvalue weighted by Gasteiger charge is -2.25. The molecule has 0 bridgehead atoms. The third kappa shape index (κ3) is 5.33. The Morgan fingerprint density at radius 3 is 2.50 bits per heavy atom. The van der Waals surface area contributed by atoms with Crippen molar-refractivity contribution in [1.29, 1.82) is 0 Å². The number of hydrogen-bond acceptors (Lipinski definition) is 2. The zero-order valence-electron chi connectivity index (χ0n) is 11.6. The van der Waals surface area contributed by atoms with Gasteiger partial charge in [0, 0.05) is 21.2 Å². The predicted octanol–water partition coefficient (Wildman–Crippen LogP) is 4.96. The van der Waals surface area contributed by atoms with Crippen molar-refractivity contribution in [2.24, 2.45) is 5.92 Å². The molecule has 0 aliphatic heterocycles. The first-order valence-electron chi connectivity index (χ1n) is 6.82. The summed E-state index contributed by atoms with van der Waals surface area (Å²) in [7, 11) is 0. The highest BCUT2D eigenvalue weighted by atomic mass is 79.9. The topological polar surface area (TPSA) is 12.0 Å². The van der Waals surface area contributed by atoms with E-state index in [2.05, 4.69) is 66.3 Å². The summed E-state index contributed by atoms with van der Waals surface area (Å²) >= 11 is 5.48. The van der Waals surface area contributed by atoms with Crippen LogP contribution in [-0.2, 0) is 0 Å². The van der Waals surface area contributed by atoms with Crippen LogP contribution in [0.2, 0.25) is 0 Å². The van der Waals surface area contributed by atoms with Gasteiger partial charge in [-0.3, -0.25) is 0 Å². The van der Waals surface area contributed by atoms with Crippen LogP contribution in [0.5, 0.6) is 0 Å². The van der Waals surface area contributed by atoms with Crippen molar-refractivity contribution < 1.29 is 0 Å². The van der Waals surface area contributed by atoms with Crippen LogP contribution in [0.25, 0.3) is 0 Å². The third-order valence-electron chi connectivity index (χ3n) is 3.31. The quantitative estimate of drug-likeness (QED) is 0.677. The van der Waals surface area contributed by atoms with Crippen LogP contribution in [0, 0.1) is 5.92 Å². The van der Waals surface area contributed by atoms with Gasteiger partial charge in [-0.25, -0.2) is 0 Å². The van der Waals surface area contributed by atoms with Crippen molar-refractivity contribution in [3.63, 3.8) is 0 Å². The fourth-order valence-corrected chi connectivity index (χ4v) is 3.92. The zero-order valence-corrected chi connectivity index (χ0v) is 14.0. The Morgan fingerprint density at radius 1 is 1.22 bits per heavy atom. The maximum atomic E-state index is 3.64. The highest BCUT2D eigenvalue weighted by molar-refractivity contribution is 9.10. The smallest absolute Gasteiger partial charge is 0.0189 e. The molecule has 1 aromatic rings. The van der Waals surface area contributed by atoms with E-state index in [1.807, 2.05) is 11.8 Å². The Labute approximate surface area is 124 Å². The molecule has 1 unspecified atom stereocenters. The predicted molar refractivity (Wildman–Crippen MR) is 86.4 cm³/mol. The van der Waals surface area contributed by atoms with Gasteiger partial charge in [0.05, 0.1) is 0 Å². The van der Waals surface area contributed by atoms with Crippen molar-refractivity contribution in [1.82, 2.24) is 5.32 Å². The van der Waals surface area contributed by atoms with E-state index >= 15 is 0 Å². The first-order chi connectivity index (χ1) is 8.71. The molecule has 1 rings (SSSR count). The molecule has 1 atom stereocenters.